The summed E-state index contributed by atoms with van der Waals surface area (Å²) in [6.45, 7) is 7.21. The van der Waals surface area contributed by atoms with Gasteiger partial charge in [0.1, 0.15) is 5.75 Å². The van der Waals surface area contributed by atoms with Crippen LogP contribution in [0.3, 0.4) is 0 Å². The van der Waals surface area contributed by atoms with Crippen molar-refractivity contribution in [3.05, 3.63) is 29.8 Å². The van der Waals surface area contributed by atoms with Crippen molar-refractivity contribution in [2.75, 3.05) is 18.1 Å². The van der Waals surface area contributed by atoms with Crippen LogP contribution in [0.15, 0.2) is 24.3 Å². The largest absolute Gasteiger partial charge is 0.491 e. The van der Waals surface area contributed by atoms with E-state index in [1.807, 2.05) is 26.0 Å². The molecule has 19 heavy (non-hydrogen) atoms. The highest BCUT2D eigenvalue weighted by Gasteiger charge is 2.05. The summed E-state index contributed by atoms with van der Waals surface area (Å²) in [7, 11) is 0. The first-order chi connectivity index (χ1) is 9.13. The van der Waals surface area contributed by atoms with Gasteiger partial charge in [-0.3, -0.25) is 0 Å². The smallest absolute Gasteiger partial charge is 0.119 e. The molecule has 0 saturated heterocycles. The van der Waals surface area contributed by atoms with Crippen molar-refractivity contribution >= 4 is 11.8 Å². The Bertz CT molecular complexity index is 394. The number of ether oxygens (including phenoxy) is 1. The Hall–Kier alpha value is -1.11. The van der Waals surface area contributed by atoms with Crippen molar-refractivity contribution in [1.82, 2.24) is 5.32 Å². The summed E-state index contributed by atoms with van der Waals surface area (Å²) >= 11 is 1.78. The first-order valence-corrected chi connectivity index (χ1v) is 7.80. The van der Waals surface area contributed by atoms with Gasteiger partial charge >= 0.3 is 0 Å². The lowest BCUT2D eigenvalue weighted by Gasteiger charge is -2.15. The van der Waals surface area contributed by atoms with Crippen LogP contribution in [-0.4, -0.2) is 24.2 Å². The Morgan fingerprint density at radius 1 is 1.26 bits per heavy atom. The lowest BCUT2D eigenvalue weighted by Crippen LogP contribution is -2.21. The topological polar surface area (TPSA) is 21.3 Å². The minimum Gasteiger partial charge on any atom is -0.491 e. The molecule has 1 aromatic carbocycles. The standard InChI is InChI=1S/C16H23NOS/c1-5-11-19-12-10-17-14(4)15-6-8-16(9-7-15)18-13(2)3/h1,6-9,13-14,17H,10-12H2,2-4H3. The third kappa shape index (κ3) is 6.56. The van der Waals surface area contributed by atoms with Gasteiger partial charge in [-0.05, 0) is 38.5 Å². The van der Waals surface area contributed by atoms with E-state index in [1.165, 1.54) is 5.56 Å². The molecule has 0 aliphatic carbocycles. The Balaban J connectivity index is 2.36. The van der Waals surface area contributed by atoms with Gasteiger partial charge in [0.15, 0.2) is 0 Å². The molecule has 2 nitrogen and oxygen atoms in total. The fraction of sp³-hybridized carbons (Fsp3) is 0.500. The lowest BCUT2D eigenvalue weighted by molar-refractivity contribution is 0.242. The molecule has 1 rings (SSSR count). The highest BCUT2D eigenvalue weighted by Crippen LogP contribution is 2.18. The van der Waals surface area contributed by atoms with E-state index in [2.05, 4.69) is 30.3 Å². The van der Waals surface area contributed by atoms with Crippen molar-refractivity contribution in [3.63, 3.8) is 0 Å². The third-order valence-corrected chi connectivity index (χ3v) is 3.50. The monoisotopic (exact) mass is 277 g/mol. The number of terminal acetylenes is 1. The summed E-state index contributed by atoms with van der Waals surface area (Å²) in [6, 6.07) is 8.63. The van der Waals surface area contributed by atoms with Crippen molar-refractivity contribution in [2.45, 2.75) is 32.9 Å². The molecule has 0 aliphatic rings. The normalized spacial score (nSPS) is 12.2. The Labute approximate surface area is 121 Å². The maximum atomic E-state index is 5.63. The molecule has 1 N–H and O–H groups in total. The third-order valence-electron chi connectivity index (χ3n) is 2.63. The molecule has 0 radical (unpaired) electrons. The van der Waals surface area contributed by atoms with Crippen LogP contribution in [0, 0.1) is 12.3 Å². The van der Waals surface area contributed by atoms with Crippen molar-refractivity contribution < 1.29 is 4.74 Å². The molecular formula is C16H23NOS. The summed E-state index contributed by atoms with van der Waals surface area (Å²) < 4.78 is 5.63. The average Bonchev–Trinajstić information content (AvgIpc) is 2.38. The fourth-order valence-corrected chi connectivity index (χ4v) is 2.23. The van der Waals surface area contributed by atoms with E-state index in [0.717, 1.165) is 23.8 Å². The average molecular weight is 277 g/mol. The van der Waals surface area contributed by atoms with Crippen molar-refractivity contribution in [1.29, 1.82) is 0 Å². The number of hydrogen-bond donors (Lipinski definition) is 1. The minimum absolute atomic E-state index is 0.217. The highest BCUT2D eigenvalue weighted by molar-refractivity contribution is 7.99. The molecule has 0 amide bonds. The molecule has 104 valence electrons. The SMILES string of the molecule is C#CCSCCNC(C)c1ccc(OC(C)C)cc1. The maximum absolute atomic E-state index is 5.63. The fourth-order valence-electron chi connectivity index (χ4n) is 1.70. The number of rotatable bonds is 8. The van der Waals surface area contributed by atoms with Crippen LogP contribution in [0.4, 0.5) is 0 Å². The zero-order chi connectivity index (χ0) is 14.1. The molecule has 0 fully saturated rings. The van der Waals surface area contributed by atoms with Crippen LogP contribution in [0.5, 0.6) is 5.75 Å². The number of benzene rings is 1. The van der Waals surface area contributed by atoms with Gasteiger partial charge in [0.25, 0.3) is 0 Å². The van der Waals surface area contributed by atoms with Crippen LogP contribution in [-0.2, 0) is 0 Å². The summed E-state index contributed by atoms with van der Waals surface area (Å²) in [5, 5.41) is 3.49. The van der Waals surface area contributed by atoms with Gasteiger partial charge in [0.05, 0.1) is 11.9 Å². The van der Waals surface area contributed by atoms with Gasteiger partial charge < -0.3 is 10.1 Å². The molecule has 0 heterocycles. The number of thioether (sulfide) groups is 1. The van der Waals surface area contributed by atoms with Crippen LogP contribution < -0.4 is 10.1 Å². The molecule has 3 heteroatoms. The summed E-state index contributed by atoms with van der Waals surface area (Å²) in [6.07, 6.45) is 5.42. The van der Waals surface area contributed by atoms with Crippen molar-refractivity contribution in [3.8, 4) is 18.1 Å². The van der Waals surface area contributed by atoms with Gasteiger partial charge in [-0.25, -0.2) is 0 Å². The minimum atomic E-state index is 0.217. The second kappa shape index (κ2) is 8.90. The molecule has 0 spiro atoms. The van der Waals surface area contributed by atoms with Gasteiger partial charge in [0, 0.05) is 18.3 Å². The number of hydrogen-bond acceptors (Lipinski definition) is 3. The lowest BCUT2D eigenvalue weighted by atomic mass is 10.1. The molecule has 0 aromatic heterocycles. The van der Waals surface area contributed by atoms with E-state index < -0.39 is 0 Å². The predicted molar refractivity (Wildman–Crippen MR) is 84.8 cm³/mol. The quantitative estimate of drug-likeness (QED) is 0.580. The maximum Gasteiger partial charge on any atom is 0.119 e. The Morgan fingerprint density at radius 3 is 2.53 bits per heavy atom. The first kappa shape index (κ1) is 15.9. The highest BCUT2D eigenvalue weighted by atomic mass is 32.2. The van der Waals surface area contributed by atoms with Crippen LogP contribution in [0.2, 0.25) is 0 Å². The zero-order valence-corrected chi connectivity index (χ0v) is 12.8. The van der Waals surface area contributed by atoms with E-state index in [4.69, 9.17) is 11.2 Å². The van der Waals surface area contributed by atoms with E-state index >= 15 is 0 Å². The Kier molecular flexibility index (Phi) is 7.47. The molecule has 0 aliphatic heterocycles. The predicted octanol–water partition coefficient (Wildman–Crippen LogP) is 3.49. The number of nitrogens with one attached hydrogen (secondary N) is 1. The van der Waals surface area contributed by atoms with E-state index in [9.17, 15) is 0 Å². The summed E-state index contributed by atoms with van der Waals surface area (Å²) in [5.41, 5.74) is 1.28. The van der Waals surface area contributed by atoms with Gasteiger partial charge in [-0.15, -0.1) is 18.2 Å². The van der Waals surface area contributed by atoms with E-state index in [-0.39, 0.29) is 6.10 Å². The van der Waals surface area contributed by atoms with Crippen molar-refractivity contribution in [2.24, 2.45) is 0 Å². The van der Waals surface area contributed by atoms with E-state index in [1.54, 1.807) is 11.8 Å². The molecule has 0 bridgehead atoms. The van der Waals surface area contributed by atoms with E-state index in [0.29, 0.717) is 6.04 Å². The molecule has 1 unspecified atom stereocenters. The van der Waals surface area contributed by atoms with Gasteiger partial charge in [-0.1, -0.05) is 18.1 Å². The second-order valence-electron chi connectivity index (χ2n) is 4.67. The summed E-state index contributed by atoms with van der Waals surface area (Å²) in [5.74, 6) is 5.39. The zero-order valence-electron chi connectivity index (χ0n) is 12.0. The van der Waals surface area contributed by atoms with Crippen LogP contribution in [0.1, 0.15) is 32.4 Å². The summed E-state index contributed by atoms with van der Waals surface area (Å²) in [4.78, 5) is 0. The van der Waals surface area contributed by atoms with Crippen LogP contribution in [0.25, 0.3) is 0 Å². The molecular weight excluding hydrogens is 254 g/mol. The first-order valence-electron chi connectivity index (χ1n) is 6.64. The van der Waals surface area contributed by atoms with Gasteiger partial charge in [-0.2, -0.15) is 0 Å². The van der Waals surface area contributed by atoms with Gasteiger partial charge in [0.2, 0.25) is 0 Å². The molecule has 1 atom stereocenters. The Morgan fingerprint density at radius 2 is 1.95 bits per heavy atom. The second-order valence-corrected chi connectivity index (χ2v) is 5.77. The molecule has 0 saturated carbocycles. The molecule has 1 aromatic rings. The van der Waals surface area contributed by atoms with Crippen LogP contribution >= 0.6 is 11.8 Å².